The van der Waals surface area contributed by atoms with Gasteiger partial charge in [0.25, 0.3) is 0 Å². The Labute approximate surface area is 107 Å². The monoisotopic (exact) mass is 243 g/mol. The number of nitrogens with zero attached hydrogens (tertiary/aromatic N) is 1. The lowest BCUT2D eigenvalue weighted by atomic mass is 10.1. The summed E-state index contributed by atoms with van der Waals surface area (Å²) in [5.41, 5.74) is 1.97. The Balaban J connectivity index is 2.01. The van der Waals surface area contributed by atoms with Crippen LogP contribution in [0, 0.1) is 0 Å². The molecule has 1 aromatic carbocycles. The zero-order valence-corrected chi connectivity index (χ0v) is 10.5. The molecule has 1 aromatic heterocycles. The Kier molecular flexibility index (Phi) is 4.18. The summed E-state index contributed by atoms with van der Waals surface area (Å²) in [5, 5.41) is 9.85. The Morgan fingerprint density at radius 1 is 1.22 bits per heavy atom. The van der Waals surface area contributed by atoms with Crippen molar-refractivity contribution >= 4 is 0 Å². The normalized spacial score (nSPS) is 10.3. The Hall–Kier alpha value is -2.03. The molecule has 2 rings (SSSR count). The molecule has 3 heteroatoms. The molecule has 1 N–H and O–H groups in total. The van der Waals surface area contributed by atoms with Gasteiger partial charge in [-0.15, -0.1) is 0 Å². The summed E-state index contributed by atoms with van der Waals surface area (Å²) in [6.07, 6.45) is 3.75. The molecule has 3 nitrogen and oxygen atoms in total. The fourth-order valence-electron chi connectivity index (χ4n) is 1.76. The van der Waals surface area contributed by atoms with Crippen LogP contribution < -0.4 is 4.74 Å². The predicted octanol–water partition coefficient (Wildman–Crippen LogP) is 3.32. The maximum Gasteiger partial charge on any atom is 0.161 e. The average Bonchev–Trinajstić information content (AvgIpc) is 2.39. The number of hydrogen-bond donors (Lipinski definition) is 1. The first-order valence-electron chi connectivity index (χ1n) is 6.14. The van der Waals surface area contributed by atoms with Crippen molar-refractivity contribution in [1.82, 2.24) is 4.98 Å². The summed E-state index contributed by atoms with van der Waals surface area (Å²) in [4.78, 5) is 4.16. The van der Waals surface area contributed by atoms with Crippen molar-refractivity contribution in [2.24, 2.45) is 0 Å². The largest absolute Gasteiger partial charge is 0.504 e. The molecule has 0 unspecified atom stereocenters. The van der Waals surface area contributed by atoms with Crippen molar-refractivity contribution in [2.45, 2.75) is 26.4 Å². The van der Waals surface area contributed by atoms with Gasteiger partial charge in [0.05, 0.1) is 5.69 Å². The van der Waals surface area contributed by atoms with Gasteiger partial charge in [-0.05, 0) is 36.2 Å². The molecule has 0 atom stereocenters. The van der Waals surface area contributed by atoms with Gasteiger partial charge in [0, 0.05) is 6.20 Å². The highest BCUT2D eigenvalue weighted by atomic mass is 16.5. The van der Waals surface area contributed by atoms with Gasteiger partial charge in [-0.25, -0.2) is 0 Å². The van der Waals surface area contributed by atoms with Crippen LogP contribution in [0.25, 0.3) is 0 Å². The molecule has 0 bridgehead atoms. The second kappa shape index (κ2) is 6.05. The second-order valence-corrected chi connectivity index (χ2v) is 4.16. The van der Waals surface area contributed by atoms with Crippen molar-refractivity contribution in [3.05, 3.63) is 53.9 Å². The Bertz CT molecular complexity index is 497. The van der Waals surface area contributed by atoms with E-state index in [1.54, 1.807) is 12.3 Å². The van der Waals surface area contributed by atoms with Crippen LogP contribution in [0.1, 0.15) is 24.6 Å². The summed E-state index contributed by atoms with van der Waals surface area (Å²) in [5.74, 6) is 0.692. The van der Waals surface area contributed by atoms with Crippen LogP contribution in [-0.4, -0.2) is 10.1 Å². The third kappa shape index (κ3) is 3.23. The molecule has 94 valence electrons. The molecule has 0 aliphatic carbocycles. The van der Waals surface area contributed by atoms with Crippen LogP contribution in [-0.2, 0) is 13.0 Å². The van der Waals surface area contributed by atoms with Crippen LogP contribution in [0.2, 0.25) is 0 Å². The van der Waals surface area contributed by atoms with Gasteiger partial charge in [-0.3, -0.25) is 4.98 Å². The highest BCUT2D eigenvalue weighted by molar-refractivity contribution is 5.41. The number of ether oxygens (including phenoxy) is 1. The van der Waals surface area contributed by atoms with E-state index in [0.717, 1.165) is 24.1 Å². The lowest BCUT2D eigenvalue weighted by molar-refractivity contribution is 0.284. The molecule has 0 spiro atoms. The van der Waals surface area contributed by atoms with Gasteiger partial charge in [-0.1, -0.05) is 25.5 Å². The van der Waals surface area contributed by atoms with E-state index in [0.29, 0.717) is 12.4 Å². The number of aromatic hydroxyl groups is 1. The lowest BCUT2D eigenvalue weighted by Crippen LogP contribution is -1.98. The molecule has 0 radical (unpaired) electrons. The second-order valence-electron chi connectivity index (χ2n) is 4.16. The van der Waals surface area contributed by atoms with Crippen molar-refractivity contribution in [2.75, 3.05) is 0 Å². The number of rotatable bonds is 5. The van der Waals surface area contributed by atoms with Crippen molar-refractivity contribution in [1.29, 1.82) is 0 Å². The molecule has 0 saturated heterocycles. The van der Waals surface area contributed by atoms with E-state index in [2.05, 4.69) is 11.9 Å². The van der Waals surface area contributed by atoms with Gasteiger partial charge in [0.1, 0.15) is 6.61 Å². The molecular weight excluding hydrogens is 226 g/mol. The molecule has 0 aliphatic heterocycles. The number of aromatic nitrogens is 1. The summed E-state index contributed by atoms with van der Waals surface area (Å²) in [6, 6.07) is 11.2. The van der Waals surface area contributed by atoms with Crippen molar-refractivity contribution < 1.29 is 9.84 Å². The van der Waals surface area contributed by atoms with E-state index in [9.17, 15) is 5.11 Å². The summed E-state index contributed by atoms with van der Waals surface area (Å²) >= 11 is 0. The number of hydrogen-bond acceptors (Lipinski definition) is 3. The molecule has 2 aromatic rings. The van der Waals surface area contributed by atoms with Gasteiger partial charge in [0.15, 0.2) is 11.5 Å². The first-order valence-corrected chi connectivity index (χ1v) is 6.14. The number of phenols is 1. The molecule has 0 fully saturated rings. The topological polar surface area (TPSA) is 42.4 Å². The highest BCUT2D eigenvalue weighted by Crippen LogP contribution is 2.27. The molecule has 0 amide bonds. The van der Waals surface area contributed by atoms with Crippen molar-refractivity contribution in [3.8, 4) is 11.5 Å². The summed E-state index contributed by atoms with van der Waals surface area (Å²) in [6.45, 7) is 2.48. The van der Waals surface area contributed by atoms with Crippen LogP contribution in [0.3, 0.4) is 0 Å². The Morgan fingerprint density at radius 3 is 2.78 bits per heavy atom. The molecule has 0 saturated carbocycles. The first-order chi connectivity index (χ1) is 8.79. The number of benzene rings is 1. The van der Waals surface area contributed by atoms with E-state index in [1.807, 2.05) is 30.3 Å². The fourth-order valence-corrected chi connectivity index (χ4v) is 1.76. The van der Waals surface area contributed by atoms with E-state index in [-0.39, 0.29) is 5.75 Å². The third-order valence-corrected chi connectivity index (χ3v) is 2.66. The third-order valence-electron chi connectivity index (χ3n) is 2.66. The lowest BCUT2D eigenvalue weighted by Gasteiger charge is -2.09. The average molecular weight is 243 g/mol. The summed E-state index contributed by atoms with van der Waals surface area (Å²) < 4.78 is 5.54. The smallest absolute Gasteiger partial charge is 0.161 e. The minimum atomic E-state index is 0.192. The zero-order valence-electron chi connectivity index (χ0n) is 10.5. The molecule has 18 heavy (non-hydrogen) atoms. The quantitative estimate of drug-likeness (QED) is 0.876. The SMILES string of the molecule is CCCc1ccc(OCc2ccccn2)c(O)c1. The van der Waals surface area contributed by atoms with Gasteiger partial charge in [0.2, 0.25) is 0 Å². The van der Waals surface area contributed by atoms with Crippen LogP contribution in [0.15, 0.2) is 42.6 Å². The molecule has 1 heterocycles. The van der Waals surface area contributed by atoms with E-state index in [1.165, 1.54) is 0 Å². The number of aryl methyl sites for hydroxylation is 1. The maximum absolute atomic E-state index is 9.85. The maximum atomic E-state index is 9.85. The minimum Gasteiger partial charge on any atom is -0.504 e. The van der Waals surface area contributed by atoms with Crippen molar-refractivity contribution in [3.63, 3.8) is 0 Å². The first kappa shape index (κ1) is 12.4. The molecular formula is C15H17NO2. The standard InChI is InChI=1S/C15H17NO2/c1-2-5-12-7-8-15(14(17)10-12)18-11-13-6-3-4-9-16-13/h3-4,6-10,17H,2,5,11H2,1H3. The number of pyridine rings is 1. The van der Waals surface area contributed by atoms with E-state index in [4.69, 9.17) is 4.74 Å². The Morgan fingerprint density at radius 2 is 2.11 bits per heavy atom. The van der Waals surface area contributed by atoms with Gasteiger partial charge >= 0.3 is 0 Å². The number of phenolic OH excluding ortho intramolecular Hbond substituents is 1. The van der Waals surface area contributed by atoms with Crippen LogP contribution in [0.5, 0.6) is 11.5 Å². The zero-order chi connectivity index (χ0) is 12.8. The van der Waals surface area contributed by atoms with Gasteiger partial charge < -0.3 is 9.84 Å². The fraction of sp³-hybridized carbons (Fsp3) is 0.267. The molecule has 0 aliphatic rings. The van der Waals surface area contributed by atoms with E-state index < -0.39 is 0 Å². The summed E-state index contributed by atoms with van der Waals surface area (Å²) in [7, 11) is 0. The van der Waals surface area contributed by atoms with Crippen LogP contribution >= 0.6 is 0 Å². The van der Waals surface area contributed by atoms with Gasteiger partial charge in [-0.2, -0.15) is 0 Å². The van der Waals surface area contributed by atoms with Crippen LogP contribution in [0.4, 0.5) is 0 Å². The van der Waals surface area contributed by atoms with E-state index >= 15 is 0 Å². The minimum absolute atomic E-state index is 0.192. The predicted molar refractivity (Wildman–Crippen MR) is 70.7 cm³/mol. The highest BCUT2D eigenvalue weighted by Gasteiger charge is 2.04.